The Labute approximate surface area is 166 Å². The van der Waals surface area contributed by atoms with Crippen LogP contribution in [0.2, 0.25) is 10.0 Å². The molecule has 1 saturated heterocycles. The van der Waals surface area contributed by atoms with Crippen molar-refractivity contribution in [3.8, 4) is 17.3 Å². The number of aromatic nitrogens is 2. The van der Waals surface area contributed by atoms with Crippen LogP contribution in [0.15, 0.2) is 42.6 Å². The first-order chi connectivity index (χ1) is 13.1. The molecule has 5 nitrogen and oxygen atoms in total. The summed E-state index contributed by atoms with van der Waals surface area (Å²) in [6.45, 7) is 1.13. The van der Waals surface area contributed by atoms with Crippen LogP contribution in [0.4, 0.5) is 0 Å². The third-order valence-electron chi connectivity index (χ3n) is 4.84. The van der Waals surface area contributed by atoms with Crippen LogP contribution in [0.3, 0.4) is 0 Å². The van der Waals surface area contributed by atoms with Crippen molar-refractivity contribution in [2.75, 3.05) is 13.1 Å². The highest BCUT2D eigenvalue weighted by Crippen LogP contribution is 2.30. The minimum absolute atomic E-state index is 0.0234. The number of fused-ring (bicyclic) bond motifs is 1. The molecule has 0 unspecified atom stereocenters. The van der Waals surface area contributed by atoms with Crippen molar-refractivity contribution in [1.29, 1.82) is 5.26 Å². The molecule has 4 rings (SSSR count). The molecular weight excluding hydrogens is 383 g/mol. The summed E-state index contributed by atoms with van der Waals surface area (Å²) in [6, 6.07) is 13.2. The van der Waals surface area contributed by atoms with E-state index in [1.807, 2.05) is 24.4 Å². The lowest BCUT2D eigenvalue weighted by atomic mass is 9.98. The normalized spacial score (nSPS) is 15.1. The van der Waals surface area contributed by atoms with Crippen LogP contribution in [0.1, 0.15) is 23.5 Å². The molecule has 0 N–H and O–H groups in total. The summed E-state index contributed by atoms with van der Waals surface area (Å²) in [5, 5.41) is 10.1. The summed E-state index contributed by atoms with van der Waals surface area (Å²) in [4.78, 5) is 19.5. The average Bonchev–Trinajstić information content (AvgIpc) is 3.06. The number of hydrogen-bond donors (Lipinski definition) is 0. The van der Waals surface area contributed by atoms with E-state index in [1.54, 1.807) is 27.5 Å². The Bertz CT molecular complexity index is 1040. The van der Waals surface area contributed by atoms with Crippen LogP contribution in [0.25, 0.3) is 16.8 Å². The molecule has 27 heavy (non-hydrogen) atoms. The number of piperidine rings is 1. The molecule has 0 atom stereocenters. The zero-order valence-corrected chi connectivity index (χ0v) is 15.9. The second kappa shape index (κ2) is 7.22. The fraction of sp³-hybridized carbons (Fsp3) is 0.250. The van der Waals surface area contributed by atoms with E-state index in [-0.39, 0.29) is 11.8 Å². The third kappa shape index (κ3) is 3.39. The van der Waals surface area contributed by atoms with Crippen molar-refractivity contribution in [3.05, 3.63) is 58.5 Å². The minimum Gasteiger partial charge on any atom is -0.336 e. The molecule has 136 valence electrons. The van der Waals surface area contributed by atoms with E-state index in [4.69, 9.17) is 28.5 Å². The van der Waals surface area contributed by atoms with Gasteiger partial charge in [0, 0.05) is 40.8 Å². The number of imidazole rings is 1. The molecule has 1 aromatic carbocycles. The minimum atomic E-state index is -0.132. The van der Waals surface area contributed by atoms with Gasteiger partial charge < -0.3 is 4.90 Å². The predicted octanol–water partition coefficient (Wildman–Crippen LogP) is 4.68. The largest absolute Gasteiger partial charge is 0.336 e. The summed E-state index contributed by atoms with van der Waals surface area (Å²) < 4.78 is 1.79. The number of amides is 1. The van der Waals surface area contributed by atoms with Crippen LogP contribution in [0.5, 0.6) is 0 Å². The number of halogens is 2. The number of pyridine rings is 1. The summed E-state index contributed by atoms with van der Waals surface area (Å²) in [7, 11) is 0. The maximum absolute atomic E-state index is 13.1. The number of carbonyl (C=O) groups excluding carboxylic acids is 1. The molecular formula is C20H16Cl2N4O. The summed E-state index contributed by atoms with van der Waals surface area (Å²) in [5.41, 5.74) is 2.24. The molecule has 1 aliphatic rings. The van der Waals surface area contributed by atoms with Crippen LogP contribution in [-0.2, 0) is 0 Å². The van der Waals surface area contributed by atoms with E-state index in [0.717, 1.165) is 11.1 Å². The molecule has 3 heterocycles. The lowest BCUT2D eigenvalue weighted by Crippen LogP contribution is -2.39. The van der Waals surface area contributed by atoms with E-state index in [0.29, 0.717) is 47.5 Å². The number of benzene rings is 1. The van der Waals surface area contributed by atoms with Gasteiger partial charge in [-0.2, -0.15) is 5.26 Å². The molecule has 2 aromatic heterocycles. The molecule has 0 saturated carbocycles. The van der Waals surface area contributed by atoms with Gasteiger partial charge in [-0.25, -0.2) is 4.98 Å². The smallest absolute Gasteiger partial charge is 0.290 e. The number of nitrogens with zero attached hydrogens (tertiary/aromatic N) is 4. The van der Waals surface area contributed by atoms with Crippen molar-refractivity contribution in [2.45, 2.75) is 12.8 Å². The standard InChI is InChI=1S/C20H16Cl2N4O/c21-15-9-14(10-16(22)11-15)18-17-3-1-2-6-26(17)19(24-18)20(27)25-7-4-13(12-23)5-8-25/h1-3,6,9-11,13H,4-5,7-8H2. The van der Waals surface area contributed by atoms with E-state index in [2.05, 4.69) is 11.1 Å². The number of likely N-dealkylation sites (tertiary alicyclic amines) is 1. The van der Waals surface area contributed by atoms with Gasteiger partial charge in [0.2, 0.25) is 5.82 Å². The molecule has 0 aliphatic carbocycles. The van der Waals surface area contributed by atoms with E-state index < -0.39 is 0 Å². The summed E-state index contributed by atoms with van der Waals surface area (Å²) in [6.07, 6.45) is 3.22. The van der Waals surface area contributed by atoms with Crippen LogP contribution >= 0.6 is 23.2 Å². The molecule has 1 aliphatic heterocycles. The molecule has 0 bridgehead atoms. The monoisotopic (exact) mass is 398 g/mol. The van der Waals surface area contributed by atoms with Crippen molar-refractivity contribution in [2.24, 2.45) is 5.92 Å². The second-order valence-electron chi connectivity index (χ2n) is 6.59. The van der Waals surface area contributed by atoms with E-state index in [9.17, 15) is 4.79 Å². The highest BCUT2D eigenvalue weighted by molar-refractivity contribution is 6.35. The quantitative estimate of drug-likeness (QED) is 0.629. The van der Waals surface area contributed by atoms with E-state index in [1.165, 1.54) is 0 Å². The fourth-order valence-electron chi connectivity index (χ4n) is 3.44. The lowest BCUT2D eigenvalue weighted by molar-refractivity contribution is 0.0694. The SMILES string of the molecule is N#CC1CCN(C(=O)c2nc(-c3cc(Cl)cc(Cl)c3)c3ccccn23)CC1. The van der Waals surface area contributed by atoms with Crippen LogP contribution in [0, 0.1) is 17.2 Å². The van der Waals surface area contributed by atoms with Gasteiger partial charge >= 0.3 is 0 Å². The Morgan fingerprint density at radius 3 is 2.52 bits per heavy atom. The molecule has 0 radical (unpaired) electrons. The van der Waals surface area contributed by atoms with Crippen molar-refractivity contribution in [1.82, 2.24) is 14.3 Å². The van der Waals surface area contributed by atoms with Gasteiger partial charge in [-0.1, -0.05) is 29.3 Å². The molecule has 1 fully saturated rings. The number of carbonyl (C=O) groups is 1. The van der Waals surface area contributed by atoms with Gasteiger partial charge in [-0.05, 0) is 43.2 Å². The zero-order chi connectivity index (χ0) is 19.0. The predicted molar refractivity (Wildman–Crippen MR) is 105 cm³/mol. The highest BCUT2D eigenvalue weighted by atomic mass is 35.5. The van der Waals surface area contributed by atoms with Crippen molar-refractivity contribution < 1.29 is 4.79 Å². The first-order valence-electron chi connectivity index (χ1n) is 8.69. The number of nitriles is 1. The Kier molecular flexibility index (Phi) is 4.77. The van der Waals surface area contributed by atoms with Gasteiger partial charge in [-0.3, -0.25) is 9.20 Å². The third-order valence-corrected chi connectivity index (χ3v) is 5.28. The Hall–Kier alpha value is -2.55. The molecule has 7 heteroatoms. The first-order valence-corrected chi connectivity index (χ1v) is 9.45. The maximum Gasteiger partial charge on any atom is 0.290 e. The summed E-state index contributed by atoms with van der Waals surface area (Å²) >= 11 is 12.3. The van der Waals surface area contributed by atoms with E-state index >= 15 is 0 Å². The maximum atomic E-state index is 13.1. The topological polar surface area (TPSA) is 61.4 Å². The summed E-state index contributed by atoms with van der Waals surface area (Å²) in [5.74, 6) is 0.245. The average molecular weight is 399 g/mol. The Balaban J connectivity index is 1.76. The number of rotatable bonds is 2. The van der Waals surface area contributed by atoms with Crippen molar-refractivity contribution in [3.63, 3.8) is 0 Å². The van der Waals surface area contributed by atoms with Gasteiger partial charge in [0.15, 0.2) is 0 Å². The highest BCUT2D eigenvalue weighted by Gasteiger charge is 2.27. The van der Waals surface area contributed by atoms with Gasteiger partial charge in [0.25, 0.3) is 5.91 Å². The van der Waals surface area contributed by atoms with Crippen LogP contribution in [-0.4, -0.2) is 33.3 Å². The van der Waals surface area contributed by atoms with Gasteiger partial charge in [0.1, 0.15) is 0 Å². The number of hydrogen-bond acceptors (Lipinski definition) is 3. The molecule has 3 aromatic rings. The molecule has 0 spiro atoms. The fourth-order valence-corrected chi connectivity index (χ4v) is 3.97. The Morgan fingerprint density at radius 1 is 1.15 bits per heavy atom. The Morgan fingerprint density at radius 2 is 1.85 bits per heavy atom. The zero-order valence-electron chi connectivity index (χ0n) is 14.4. The van der Waals surface area contributed by atoms with Gasteiger partial charge in [-0.15, -0.1) is 0 Å². The second-order valence-corrected chi connectivity index (χ2v) is 7.47. The van der Waals surface area contributed by atoms with Crippen molar-refractivity contribution >= 4 is 34.6 Å². The van der Waals surface area contributed by atoms with Gasteiger partial charge in [0.05, 0.1) is 17.3 Å². The molecule has 1 amide bonds. The lowest BCUT2D eigenvalue weighted by Gasteiger charge is -2.28. The first kappa shape index (κ1) is 17.8. The van der Waals surface area contributed by atoms with Crippen LogP contribution < -0.4 is 0 Å².